The summed E-state index contributed by atoms with van der Waals surface area (Å²) >= 11 is 0. The van der Waals surface area contributed by atoms with Crippen molar-refractivity contribution in [3.8, 4) is 0 Å². The van der Waals surface area contributed by atoms with Crippen LogP contribution in [0.4, 0.5) is 19.0 Å². The van der Waals surface area contributed by atoms with Crippen LogP contribution in [0.2, 0.25) is 0 Å². The minimum absolute atomic E-state index is 0.165. The first-order valence-electron chi connectivity index (χ1n) is 7.41. The van der Waals surface area contributed by atoms with Crippen molar-refractivity contribution >= 4 is 17.6 Å². The first-order chi connectivity index (χ1) is 11.8. The molecule has 2 atom stereocenters. The van der Waals surface area contributed by atoms with Crippen LogP contribution in [-0.4, -0.2) is 35.5 Å². The summed E-state index contributed by atoms with van der Waals surface area (Å²) in [6.45, 7) is 0.237. The maximum Gasteiger partial charge on any atom is 0.416 e. The zero-order chi connectivity index (χ0) is 18.2. The molecule has 1 aromatic heterocycles. The number of likely N-dealkylation sites (tertiary alicyclic amines) is 1. The van der Waals surface area contributed by atoms with Gasteiger partial charge in [0.1, 0.15) is 12.2 Å². The Bertz CT molecular complexity index is 772. The van der Waals surface area contributed by atoms with Gasteiger partial charge in [0.15, 0.2) is 5.82 Å². The topological polar surface area (TPSA) is 75.4 Å². The number of rotatable bonds is 3. The average Bonchev–Trinajstić information content (AvgIpc) is 3.15. The van der Waals surface area contributed by atoms with Gasteiger partial charge >= 0.3 is 6.18 Å². The summed E-state index contributed by atoms with van der Waals surface area (Å²) in [7, 11) is 1.54. The lowest BCUT2D eigenvalue weighted by Gasteiger charge is -2.17. The predicted octanol–water partition coefficient (Wildman–Crippen LogP) is 2.50. The number of alkyl halides is 3. The van der Waals surface area contributed by atoms with Crippen LogP contribution in [0.5, 0.6) is 0 Å². The predicted molar refractivity (Wildman–Crippen MR) is 80.4 cm³/mol. The van der Waals surface area contributed by atoms with E-state index in [1.807, 2.05) is 0 Å². The number of halogens is 3. The van der Waals surface area contributed by atoms with E-state index < -0.39 is 35.4 Å². The highest BCUT2D eigenvalue weighted by atomic mass is 19.4. The van der Waals surface area contributed by atoms with Gasteiger partial charge in [-0.05, 0) is 17.7 Å². The lowest BCUT2D eigenvalue weighted by molar-refractivity contribution is -0.138. The summed E-state index contributed by atoms with van der Waals surface area (Å²) in [6, 6.07) is 5.93. The number of amides is 2. The molecule has 2 heterocycles. The van der Waals surface area contributed by atoms with Gasteiger partial charge in [-0.25, -0.2) is 0 Å². The van der Waals surface area contributed by atoms with Crippen molar-refractivity contribution in [2.45, 2.75) is 12.1 Å². The molecule has 1 aliphatic rings. The molecule has 2 amide bonds. The van der Waals surface area contributed by atoms with E-state index in [0.717, 1.165) is 12.1 Å². The molecule has 132 valence electrons. The highest BCUT2D eigenvalue weighted by molar-refractivity contribution is 6.08. The zero-order valence-electron chi connectivity index (χ0n) is 13.1. The van der Waals surface area contributed by atoms with Crippen molar-refractivity contribution in [3.05, 3.63) is 47.7 Å². The second kappa shape index (κ2) is 6.23. The third-order valence-corrected chi connectivity index (χ3v) is 4.15. The minimum Gasteiger partial charge on any atom is -0.363 e. The second-order valence-electron chi connectivity index (χ2n) is 5.80. The molecule has 1 saturated heterocycles. The Hall–Kier alpha value is -2.84. The number of benzene rings is 1. The van der Waals surface area contributed by atoms with Crippen LogP contribution < -0.4 is 5.32 Å². The van der Waals surface area contributed by atoms with Crippen molar-refractivity contribution < 1.29 is 27.3 Å². The molecular weight excluding hydrogens is 339 g/mol. The lowest BCUT2D eigenvalue weighted by Crippen LogP contribution is -2.32. The maximum atomic E-state index is 12.7. The van der Waals surface area contributed by atoms with Crippen LogP contribution in [-0.2, 0) is 15.8 Å². The molecular formula is C16H14F3N3O3. The molecule has 2 aromatic rings. The third-order valence-electron chi connectivity index (χ3n) is 4.15. The molecule has 0 aliphatic carbocycles. The number of carbonyl (C=O) groups excluding carboxylic acids is 2. The fraction of sp³-hybridized carbons (Fsp3) is 0.312. The van der Waals surface area contributed by atoms with E-state index in [1.54, 1.807) is 7.05 Å². The van der Waals surface area contributed by atoms with Crippen LogP contribution in [0.1, 0.15) is 17.0 Å². The molecule has 1 fully saturated rings. The normalized spacial score (nSPS) is 20.8. The second-order valence-corrected chi connectivity index (χ2v) is 5.80. The van der Waals surface area contributed by atoms with Crippen LogP contribution in [0.3, 0.4) is 0 Å². The van der Waals surface area contributed by atoms with E-state index in [4.69, 9.17) is 0 Å². The Balaban J connectivity index is 1.85. The van der Waals surface area contributed by atoms with Crippen LogP contribution in [0.25, 0.3) is 0 Å². The van der Waals surface area contributed by atoms with Gasteiger partial charge in [0.05, 0.1) is 5.56 Å². The quantitative estimate of drug-likeness (QED) is 0.861. The first kappa shape index (κ1) is 17.0. The van der Waals surface area contributed by atoms with Gasteiger partial charge in [0, 0.05) is 25.6 Å². The number of anilines is 1. The molecule has 0 bridgehead atoms. The SMILES string of the molecule is CN1C[C@@H](c2ccc(C(F)(F)F)cc2)[C@H](C(=O)Nc2ccon2)C1=O. The molecule has 0 spiro atoms. The van der Waals surface area contributed by atoms with Crippen molar-refractivity contribution in [2.75, 3.05) is 18.9 Å². The Kier molecular flexibility index (Phi) is 4.23. The molecule has 0 unspecified atom stereocenters. The highest BCUT2D eigenvalue weighted by Crippen LogP contribution is 2.36. The Morgan fingerprint density at radius 2 is 1.96 bits per heavy atom. The number of nitrogens with one attached hydrogen (secondary N) is 1. The summed E-state index contributed by atoms with van der Waals surface area (Å²) < 4.78 is 42.7. The van der Waals surface area contributed by atoms with Gasteiger partial charge in [0.25, 0.3) is 0 Å². The van der Waals surface area contributed by atoms with Crippen molar-refractivity contribution in [2.24, 2.45) is 5.92 Å². The molecule has 25 heavy (non-hydrogen) atoms. The monoisotopic (exact) mass is 353 g/mol. The Labute approximate surface area is 140 Å². The van der Waals surface area contributed by atoms with Gasteiger partial charge in [-0.1, -0.05) is 17.3 Å². The van der Waals surface area contributed by atoms with E-state index in [-0.39, 0.29) is 12.4 Å². The van der Waals surface area contributed by atoms with Crippen LogP contribution >= 0.6 is 0 Å². The van der Waals surface area contributed by atoms with Gasteiger partial charge in [0.2, 0.25) is 11.8 Å². The zero-order valence-corrected chi connectivity index (χ0v) is 13.1. The summed E-state index contributed by atoms with van der Waals surface area (Å²) in [5, 5.41) is 6.03. The summed E-state index contributed by atoms with van der Waals surface area (Å²) in [4.78, 5) is 26.2. The molecule has 1 aromatic carbocycles. The summed E-state index contributed by atoms with van der Waals surface area (Å²) in [5.41, 5.74) is -0.288. The smallest absolute Gasteiger partial charge is 0.363 e. The summed E-state index contributed by atoms with van der Waals surface area (Å²) in [5.74, 6) is -2.40. The molecule has 0 radical (unpaired) electrons. The molecule has 1 aliphatic heterocycles. The third kappa shape index (κ3) is 3.35. The molecule has 3 rings (SSSR count). The van der Waals surface area contributed by atoms with E-state index in [0.29, 0.717) is 5.56 Å². The standard InChI is InChI=1S/C16H14F3N3O3/c1-22-8-11(9-2-4-10(5-3-9)16(17,18)19)13(15(22)24)14(23)20-12-6-7-25-21-12/h2-7,11,13H,8H2,1H3,(H,20,21,23)/t11-,13+/m0/s1. The first-order valence-corrected chi connectivity index (χ1v) is 7.41. The maximum absolute atomic E-state index is 12.7. The van der Waals surface area contributed by atoms with E-state index in [1.165, 1.54) is 29.4 Å². The Morgan fingerprint density at radius 1 is 1.28 bits per heavy atom. The van der Waals surface area contributed by atoms with Gasteiger partial charge < -0.3 is 14.7 Å². The highest BCUT2D eigenvalue weighted by Gasteiger charge is 2.44. The van der Waals surface area contributed by atoms with Crippen molar-refractivity contribution in [1.82, 2.24) is 10.1 Å². The largest absolute Gasteiger partial charge is 0.416 e. The van der Waals surface area contributed by atoms with Crippen LogP contribution in [0, 0.1) is 5.92 Å². The van der Waals surface area contributed by atoms with Crippen LogP contribution in [0.15, 0.2) is 41.1 Å². The van der Waals surface area contributed by atoms with Gasteiger partial charge in [-0.2, -0.15) is 13.2 Å². The lowest BCUT2D eigenvalue weighted by atomic mass is 9.87. The fourth-order valence-electron chi connectivity index (χ4n) is 2.89. The summed E-state index contributed by atoms with van der Waals surface area (Å²) in [6.07, 6.45) is -3.17. The van der Waals surface area contributed by atoms with Crippen molar-refractivity contribution in [3.63, 3.8) is 0 Å². The number of hydrogen-bond acceptors (Lipinski definition) is 4. The van der Waals surface area contributed by atoms with Crippen molar-refractivity contribution in [1.29, 1.82) is 0 Å². The molecule has 9 heteroatoms. The number of nitrogens with zero attached hydrogens (tertiary/aromatic N) is 2. The van der Waals surface area contributed by atoms with E-state index in [9.17, 15) is 22.8 Å². The molecule has 6 nitrogen and oxygen atoms in total. The van der Waals surface area contributed by atoms with E-state index in [2.05, 4.69) is 15.0 Å². The minimum atomic E-state index is -4.44. The molecule has 1 N–H and O–H groups in total. The number of carbonyl (C=O) groups is 2. The van der Waals surface area contributed by atoms with E-state index >= 15 is 0 Å². The molecule has 0 saturated carbocycles. The van der Waals surface area contributed by atoms with Gasteiger partial charge in [-0.15, -0.1) is 0 Å². The van der Waals surface area contributed by atoms with Gasteiger partial charge in [-0.3, -0.25) is 9.59 Å². The average molecular weight is 353 g/mol. The number of likely N-dealkylation sites (N-methyl/N-ethyl adjacent to an activating group) is 1. The fourth-order valence-corrected chi connectivity index (χ4v) is 2.89. The number of hydrogen-bond donors (Lipinski definition) is 1. The number of aromatic nitrogens is 1. The Morgan fingerprint density at radius 3 is 2.52 bits per heavy atom.